The average molecular weight is 228 g/mol. The van der Waals surface area contributed by atoms with Crippen LogP contribution in [0.1, 0.15) is 30.0 Å². The average Bonchev–Trinajstić information content (AvgIpc) is 2.75. The summed E-state index contributed by atoms with van der Waals surface area (Å²) in [5.41, 5.74) is 5.18. The van der Waals surface area contributed by atoms with E-state index in [0.29, 0.717) is 0 Å². The lowest BCUT2D eigenvalue weighted by atomic mass is 10.0. The molecule has 2 rings (SSSR count). The van der Waals surface area contributed by atoms with E-state index in [4.69, 9.17) is 5.11 Å². The van der Waals surface area contributed by atoms with Gasteiger partial charge in [0.25, 0.3) is 0 Å². The predicted molar refractivity (Wildman–Crippen MR) is 68.9 cm³/mol. The van der Waals surface area contributed by atoms with Crippen molar-refractivity contribution in [3.63, 3.8) is 0 Å². The molecule has 88 valence electrons. The van der Waals surface area contributed by atoms with Gasteiger partial charge in [-0.2, -0.15) is 0 Å². The quantitative estimate of drug-likeness (QED) is 0.637. The first-order valence-corrected chi connectivity index (χ1v) is 5.87. The fraction of sp³-hybridized carbons (Fsp3) is 0.267. The Hall–Kier alpha value is -1.83. The van der Waals surface area contributed by atoms with Crippen LogP contribution >= 0.6 is 0 Å². The molecule has 0 bridgehead atoms. The molecule has 0 amide bonds. The lowest BCUT2D eigenvalue weighted by Crippen LogP contribution is -1.87. The summed E-state index contributed by atoms with van der Waals surface area (Å²) >= 11 is 0. The van der Waals surface area contributed by atoms with E-state index in [9.17, 15) is 4.79 Å². The zero-order valence-electron chi connectivity index (χ0n) is 9.94. The normalized spacial score (nSPS) is 15.2. The molecular weight excluding hydrogens is 212 g/mol. The van der Waals surface area contributed by atoms with Crippen molar-refractivity contribution in [1.29, 1.82) is 0 Å². The zero-order valence-corrected chi connectivity index (χ0v) is 9.94. The van der Waals surface area contributed by atoms with Crippen molar-refractivity contribution in [2.24, 2.45) is 0 Å². The molecule has 0 saturated heterocycles. The second kappa shape index (κ2) is 5.00. The molecule has 1 aliphatic rings. The zero-order chi connectivity index (χ0) is 12.3. The predicted octanol–water partition coefficient (Wildman–Crippen LogP) is 3.22. The number of aryl methyl sites for hydroxylation is 2. The number of hydrogen-bond donors (Lipinski definition) is 1. The van der Waals surface area contributed by atoms with Gasteiger partial charge in [0.15, 0.2) is 0 Å². The van der Waals surface area contributed by atoms with Crippen LogP contribution in [0.5, 0.6) is 0 Å². The minimum absolute atomic E-state index is 0.914. The summed E-state index contributed by atoms with van der Waals surface area (Å²) in [7, 11) is 0. The van der Waals surface area contributed by atoms with Gasteiger partial charge in [-0.25, -0.2) is 4.79 Å². The molecule has 1 aromatic rings. The molecule has 17 heavy (non-hydrogen) atoms. The number of fused-ring (bicyclic) bond motifs is 1. The van der Waals surface area contributed by atoms with Gasteiger partial charge >= 0.3 is 5.97 Å². The van der Waals surface area contributed by atoms with Gasteiger partial charge in [-0.05, 0) is 48.4 Å². The Kier molecular flexibility index (Phi) is 3.43. The lowest BCUT2D eigenvalue weighted by Gasteiger charge is -2.04. The van der Waals surface area contributed by atoms with Gasteiger partial charge in [0.1, 0.15) is 0 Å². The Morgan fingerprint density at radius 1 is 1.29 bits per heavy atom. The number of carboxylic acid groups (broad SMARTS) is 1. The third-order valence-corrected chi connectivity index (χ3v) is 3.14. The maximum atomic E-state index is 10.4. The highest BCUT2D eigenvalue weighted by molar-refractivity contribution is 5.80. The fourth-order valence-electron chi connectivity index (χ4n) is 2.19. The van der Waals surface area contributed by atoms with Crippen LogP contribution in [0.3, 0.4) is 0 Å². The van der Waals surface area contributed by atoms with Crippen LogP contribution in [-0.4, -0.2) is 11.1 Å². The number of aliphatic carboxylic acids is 1. The molecule has 1 aromatic carbocycles. The Morgan fingerprint density at radius 3 is 2.82 bits per heavy atom. The second-order valence-electron chi connectivity index (χ2n) is 4.38. The minimum Gasteiger partial charge on any atom is -0.478 e. The standard InChI is InChI=1S/C15H16O2/c1-11(4-2-7-15(16)17)13-9-8-12-5-3-6-14(12)10-13/h2,4,7-10H,3,5-6H2,1H3,(H,16,17)/b7-2+,11-4+. The van der Waals surface area contributed by atoms with E-state index in [2.05, 4.69) is 18.2 Å². The smallest absolute Gasteiger partial charge is 0.328 e. The number of allylic oxidation sites excluding steroid dienone is 3. The molecule has 0 atom stereocenters. The molecule has 0 saturated carbocycles. The Balaban J connectivity index is 2.19. The number of benzene rings is 1. The van der Waals surface area contributed by atoms with Gasteiger partial charge in [0, 0.05) is 6.08 Å². The van der Waals surface area contributed by atoms with E-state index < -0.39 is 5.97 Å². The molecule has 0 aliphatic heterocycles. The van der Waals surface area contributed by atoms with Crippen molar-refractivity contribution in [2.75, 3.05) is 0 Å². The lowest BCUT2D eigenvalue weighted by molar-refractivity contribution is -0.131. The summed E-state index contributed by atoms with van der Waals surface area (Å²) in [6, 6.07) is 6.53. The van der Waals surface area contributed by atoms with Gasteiger partial charge < -0.3 is 5.11 Å². The van der Waals surface area contributed by atoms with E-state index in [1.165, 1.54) is 36.0 Å². The Morgan fingerprint density at radius 2 is 2.06 bits per heavy atom. The van der Waals surface area contributed by atoms with Crippen LogP contribution in [0.4, 0.5) is 0 Å². The summed E-state index contributed by atoms with van der Waals surface area (Å²) in [5.74, 6) is -0.914. The highest BCUT2D eigenvalue weighted by Crippen LogP contribution is 2.25. The molecule has 0 fully saturated rings. The first-order chi connectivity index (χ1) is 8.16. The summed E-state index contributed by atoms with van der Waals surface area (Å²) in [6.45, 7) is 2.00. The van der Waals surface area contributed by atoms with E-state index in [0.717, 1.165) is 11.6 Å². The van der Waals surface area contributed by atoms with Crippen molar-refractivity contribution in [1.82, 2.24) is 0 Å². The van der Waals surface area contributed by atoms with Crippen LogP contribution in [-0.2, 0) is 17.6 Å². The SMILES string of the molecule is C/C(=C\C=C\C(=O)O)c1ccc2c(c1)CCC2. The molecule has 2 nitrogen and oxygen atoms in total. The van der Waals surface area contributed by atoms with Gasteiger partial charge in [0.05, 0.1) is 0 Å². The first kappa shape index (κ1) is 11.6. The first-order valence-electron chi connectivity index (χ1n) is 5.87. The van der Waals surface area contributed by atoms with Crippen LogP contribution in [0, 0.1) is 0 Å². The van der Waals surface area contributed by atoms with Gasteiger partial charge in [-0.15, -0.1) is 0 Å². The number of rotatable bonds is 3. The van der Waals surface area contributed by atoms with Gasteiger partial charge in [-0.3, -0.25) is 0 Å². The molecule has 1 N–H and O–H groups in total. The van der Waals surface area contributed by atoms with Crippen LogP contribution < -0.4 is 0 Å². The van der Waals surface area contributed by atoms with Gasteiger partial charge in [-0.1, -0.05) is 30.4 Å². The largest absolute Gasteiger partial charge is 0.478 e. The second-order valence-corrected chi connectivity index (χ2v) is 4.38. The third-order valence-electron chi connectivity index (χ3n) is 3.14. The van der Waals surface area contributed by atoms with Crippen molar-refractivity contribution < 1.29 is 9.90 Å². The Labute approximate surface area is 101 Å². The highest BCUT2D eigenvalue weighted by atomic mass is 16.4. The van der Waals surface area contributed by atoms with Crippen LogP contribution in [0.15, 0.2) is 36.4 Å². The maximum Gasteiger partial charge on any atom is 0.328 e. The molecule has 0 unspecified atom stereocenters. The number of hydrogen-bond acceptors (Lipinski definition) is 1. The summed E-state index contributed by atoms with van der Waals surface area (Å²) in [6.07, 6.45) is 8.17. The Bertz CT molecular complexity index is 496. The molecule has 0 heterocycles. The van der Waals surface area contributed by atoms with E-state index in [1.54, 1.807) is 6.08 Å². The summed E-state index contributed by atoms with van der Waals surface area (Å²) in [4.78, 5) is 10.4. The number of carbonyl (C=O) groups is 1. The van der Waals surface area contributed by atoms with Crippen molar-refractivity contribution >= 4 is 11.5 Å². The van der Waals surface area contributed by atoms with E-state index in [-0.39, 0.29) is 0 Å². The van der Waals surface area contributed by atoms with Crippen molar-refractivity contribution in [3.8, 4) is 0 Å². The van der Waals surface area contributed by atoms with E-state index in [1.807, 2.05) is 13.0 Å². The molecule has 2 heteroatoms. The molecule has 0 aromatic heterocycles. The molecule has 0 spiro atoms. The summed E-state index contributed by atoms with van der Waals surface area (Å²) < 4.78 is 0. The van der Waals surface area contributed by atoms with Crippen LogP contribution in [0.2, 0.25) is 0 Å². The molecular formula is C15H16O2. The third kappa shape index (κ3) is 2.84. The highest BCUT2D eigenvalue weighted by Gasteiger charge is 2.10. The minimum atomic E-state index is -0.914. The maximum absolute atomic E-state index is 10.4. The molecule has 0 radical (unpaired) electrons. The summed E-state index contributed by atoms with van der Waals surface area (Å²) in [5, 5.41) is 8.51. The fourth-order valence-corrected chi connectivity index (χ4v) is 2.19. The number of carboxylic acids is 1. The van der Waals surface area contributed by atoms with Crippen molar-refractivity contribution in [2.45, 2.75) is 26.2 Å². The van der Waals surface area contributed by atoms with Gasteiger partial charge in [0.2, 0.25) is 0 Å². The topological polar surface area (TPSA) is 37.3 Å². The van der Waals surface area contributed by atoms with E-state index >= 15 is 0 Å². The van der Waals surface area contributed by atoms with Crippen molar-refractivity contribution in [3.05, 3.63) is 53.1 Å². The monoisotopic (exact) mass is 228 g/mol. The molecule has 1 aliphatic carbocycles. The van der Waals surface area contributed by atoms with Crippen LogP contribution in [0.25, 0.3) is 5.57 Å².